The zero-order valence-corrected chi connectivity index (χ0v) is 26.0. The molecular weight excluding hydrogens is 540 g/mol. The van der Waals surface area contributed by atoms with Gasteiger partial charge in [0.25, 0.3) is 0 Å². The van der Waals surface area contributed by atoms with Crippen LogP contribution in [-0.2, 0) is 4.74 Å². The van der Waals surface area contributed by atoms with Crippen LogP contribution in [0, 0.1) is 12.8 Å². The van der Waals surface area contributed by atoms with E-state index in [2.05, 4.69) is 58.7 Å². The van der Waals surface area contributed by atoms with E-state index in [4.69, 9.17) is 14.5 Å². The molecule has 0 radical (unpaired) electrons. The van der Waals surface area contributed by atoms with Gasteiger partial charge in [-0.3, -0.25) is 0 Å². The number of hydrogen-bond acceptors (Lipinski definition) is 8. The van der Waals surface area contributed by atoms with Crippen molar-refractivity contribution in [3.05, 3.63) is 66.5 Å². The first kappa shape index (κ1) is 30.1. The van der Waals surface area contributed by atoms with Crippen molar-refractivity contribution in [3.63, 3.8) is 0 Å². The van der Waals surface area contributed by atoms with Crippen LogP contribution >= 0.6 is 0 Å². The zero-order valence-electron chi connectivity index (χ0n) is 26.0. The van der Waals surface area contributed by atoms with Crippen LogP contribution in [-0.4, -0.2) is 57.2 Å². The quantitative estimate of drug-likeness (QED) is 0.218. The number of likely N-dealkylation sites (tertiary alicyclic amines) is 1. The molecule has 0 unspecified atom stereocenters. The molecule has 9 heteroatoms. The van der Waals surface area contributed by atoms with Crippen molar-refractivity contribution in [1.82, 2.24) is 19.9 Å². The number of aromatic nitrogens is 3. The number of carbonyl (C=O) groups excluding carboxylic acids is 1. The van der Waals surface area contributed by atoms with Gasteiger partial charge in [-0.25, -0.2) is 19.7 Å². The van der Waals surface area contributed by atoms with E-state index < -0.39 is 5.60 Å². The second-order valence-corrected chi connectivity index (χ2v) is 12.5. The topological polar surface area (TPSA) is 102 Å². The Hall–Kier alpha value is -4.40. The lowest BCUT2D eigenvalue weighted by molar-refractivity contribution is 0.0206. The minimum absolute atomic E-state index is 0.0120. The van der Waals surface area contributed by atoms with E-state index in [9.17, 15) is 4.79 Å². The number of aryl methyl sites for hydroxylation is 1. The maximum Gasteiger partial charge on any atom is 0.410 e. The standard InChI is InChI=1S/C34H42N6O3/c1-22(2)20-37-28-13-7-11-26-25(28)15-14-23(3)30(26)42-31-27(12-8-17-35-31)29-16-18-36-32(39-29)38-24-10-9-19-40(21-24)33(41)43-34(4,5)6/h7-8,11-18,22,24,37H,9-10,19-21H2,1-6H3,(H,36,38,39)/t24-/m0/s1. The number of nitrogens with one attached hydrogen (secondary N) is 2. The highest BCUT2D eigenvalue weighted by Gasteiger charge is 2.28. The summed E-state index contributed by atoms with van der Waals surface area (Å²) in [6, 6.07) is 16.1. The lowest BCUT2D eigenvalue weighted by Crippen LogP contribution is -2.47. The van der Waals surface area contributed by atoms with Gasteiger partial charge in [0, 0.05) is 54.5 Å². The molecule has 9 nitrogen and oxygen atoms in total. The predicted octanol–water partition coefficient (Wildman–Crippen LogP) is 7.67. The molecule has 2 aromatic carbocycles. The molecule has 5 rings (SSSR count). The number of hydrogen-bond donors (Lipinski definition) is 2. The Morgan fingerprint density at radius 3 is 2.67 bits per heavy atom. The van der Waals surface area contributed by atoms with E-state index in [1.165, 1.54) is 0 Å². The summed E-state index contributed by atoms with van der Waals surface area (Å²) in [5, 5.41) is 9.11. The Labute approximate surface area is 254 Å². The number of rotatable bonds is 8. The van der Waals surface area contributed by atoms with Crippen molar-refractivity contribution in [1.29, 1.82) is 0 Å². The van der Waals surface area contributed by atoms with E-state index in [0.717, 1.165) is 52.7 Å². The maximum atomic E-state index is 12.6. The average molecular weight is 583 g/mol. The number of nitrogens with zero attached hydrogens (tertiary/aromatic N) is 4. The summed E-state index contributed by atoms with van der Waals surface area (Å²) in [5.74, 6) is 2.26. The van der Waals surface area contributed by atoms with Gasteiger partial charge < -0.3 is 25.0 Å². The van der Waals surface area contributed by atoms with Crippen molar-refractivity contribution in [2.24, 2.45) is 5.92 Å². The number of amides is 1. The third kappa shape index (κ3) is 7.52. The third-order valence-corrected chi connectivity index (χ3v) is 7.22. The van der Waals surface area contributed by atoms with Crippen LogP contribution in [0.15, 0.2) is 60.9 Å². The summed E-state index contributed by atoms with van der Waals surface area (Å²) in [4.78, 5) is 28.3. The van der Waals surface area contributed by atoms with Gasteiger partial charge in [-0.05, 0) is 76.3 Å². The molecule has 1 aliphatic rings. The number of carbonyl (C=O) groups is 1. The normalized spacial score (nSPS) is 15.4. The van der Waals surface area contributed by atoms with Crippen LogP contribution in [0.3, 0.4) is 0 Å². The molecule has 1 saturated heterocycles. The largest absolute Gasteiger partial charge is 0.444 e. The second-order valence-electron chi connectivity index (χ2n) is 12.5. The Morgan fingerprint density at radius 2 is 1.88 bits per heavy atom. The van der Waals surface area contributed by atoms with Crippen molar-refractivity contribution >= 4 is 28.5 Å². The van der Waals surface area contributed by atoms with E-state index in [1.54, 1.807) is 17.3 Å². The Balaban J connectivity index is 1.38. The van der Waals surface area contributed by atoms with Crippen molar-refractivity contribution in [2.75, 3.05) is 30.3 Å². The summed E-state index contributed by atoms with van der Waals surface area (Å²) in [6.07, 6.45) is 4.94. The molecule has 0 spiro atoms. The van der Waals surface area contributed by atoms with Gasteiger partial charge in [-0.1, -0.05) is 38.1 Å². The number of ether oxygens (including phenoxy) is 2. The van der Waals surface area contributed by atoms with Gasteiger partial charge in [-0.15, -0.1) is 0 Å². The first-order valence-electron chi connectivity index (χ1n) is 15.0. The number of anilines is 2. The van der Waals surface area contributed by atoms with E-state index in [0.29, 0.717) is 36.5 Å². The Bertz CT molecular complexity index is 1580. The summed E-state index contributed by atoms with van der Waals surface area (Å²) >= 11 is 0. The smallest absolute Gasteiger partial charge is 0.410 e. The van der Waals surface area contributed by atoms with Crippen molar-refractivity contribution in [3.8, 4) is 22.9 Å². The summed E-state index contributed by atoms with van der Waals surface area (Å²) in [5.41, 5.74) is 3.02. The molecule has 1 aliphatic heterocycles. The van der Waals surface area contributed by atoms with E-state index in [1.807, 2.05) is 52.0 Å². The van der Waals surface area contributed by atoms with Gasteiger partial charge in [0.15, 0.2) is 0 Å². The predicted molar refractivity (Wildman–Crippen MR) is 172 cm³/mol. The average Bonchev–Trinajstić information content (AvgIpc) is 2.97. The lowest BCUT2D eigenvalue weighted by atomic mass is 10.0. The molecule has 0 bridgehead atoms. The summed E-state index contributed by atoms with van der Waals surface area (Å²) in [6.45, 7) is 14.2. The fourth-order valence-electron chi connectivity index (χ4n) is 5.15. The first-order chi connectivity index (χ1) is 20.6. The van der Waals surface area contributed by atoms with Gasteiger partial charge in [0.05, 0.1) is 11.3 Å². The lowest BCUT2D eigenvalue weighted by Gasteiger charge is -2.34. The molecule has 1 fully saturated rings. The van der Waals surface area contributed by atoms with Crippen LogP contribution in [0.2, 0.25) is 0 Å². The van der Waals surface area contributed by atoms with Crippen LogP contribution in [0.5, 0.6) is 11.6 Å². The molecule has 226 valence electrons. The molecule has 0 saturated carbocycles. The van der Waals surface area contributed by atoms with Crippen LogP contribution in [0.4, 0.5) is 16.4 Å². The Kier molecular flexibility index (Phi) is 8.99. The number of pyridine rings is 1. The fraction of sp³-hybridized carbons (Fsp3) is 0.412. The molecule has 2 N–H and O–H groups in total. The third-order valence-electron chi connectivity index (χ3n) is 7.22. The molecule has 2 aromatic heterocycles. The molecule has 4 aromatic rings. The van der Waals surface area contributed by atoms with Gasteiger partial charge in [-0.2, -0.15) is 0 Å². The minimum Gasteiger partial charge on any atom is -0.444 e. The van der Waals surface area contributed by atoms with Crippen LogP contribution < -0.4 is 15.4 Å². The second kappa shape index (κ2) is 12.9. The van der Waals surface area contributed by atoms with Crippen molar-refractivity contribution in [2.45, 2.75) is 66.0 Å². The molecule has 1 atom stereocenters. The molecule has 43 heavy (non-hydrogen) atoms. The molecule has 3 heterocycles. The summed E-state index contributed by atoms with van der Waals surface area (Å²) in [7, 11) is 0. The number of piperidine rings is 1. The fourth-order valence-corrected chi connectivity index (χ4v) is 5.15. The molecular formula is C34H42N6O3. The highest BCUT2D eigenvalue weighted by Crippen LogP contribution is 2.38. The number of fused-ring (bicyclic) bond motifs is 1. The number of benzene rings is 2. The van der Waals surface area contributed by atoms with Gasteiger partial charge >= 0.3 is 6.09 Å². The summed E-state index contributed by atoms with van der Waals surface area (Å²) < 4.78 is 12.2. The van der Waals surface area contributed by atoms with Gasteiger partial charge in [0.1, 0.15) is 11.4 Å². The van der Waals surface area contributed by atoms with Crippen LogP contribution in [0.25, 0.3) is 22.0 Å². The SMILES string of the molecule is Cc1ccc2c(NCC(C)C)cccc2c1Oc1ncccc1-c1ccnc(N[C@H]2CCCN(C(=O)OC(C)(C)C)C2)n1. The van der Waals surface area contributed by atoms with E-state index in [-0.39, 0.29) is 12.1 Å². The van der Waals surface area contributed by atoms with E-state index >= 15 is 0 Å². The minimum atomic E-state index is -0.532. The van der Waals surface area contributed by atoms with Crippen LogP contribution in [0.1, 0.15) is 53.0 Å². The Morgan fingerprint density at radius 1 is 1.05 bits per heavy atom. The zero-order chi connectivity index (χ0) is 30.6. The first-order valence-corrected chi connectivity index (χ1v) is 15.0. The van der Waals surface area contributed by atoms with Gasteiger partial charge in [0.2, 0.25) is 11.8 Å². The maximum absolute atomic E-state index is 12.6. The van der Waals surface area contributed by atoms with Crippen molar-refractivity contribution < 1.29 is 14.3 Å². The highest BCUT2D eigenvalue weighted by molar-refractivity contribution is 5.98. The molecule has 1 amide bonds. The monoisotopic (exact) mass is 582 g/mol. The molecule has 0 aliphatic carbocycles. The highest BCUT2D eigenvalue weighted by atomic mass is 16.6.